The summed E-state index contributed by atoms with van der Waals surface area (Å²) in [5.74, 6) is -7.51. The van der Waals surface area contributed by atoms with Crippen molar-refractivity contribution in [2.24, 2.45) is 10.2 Å². The van der Waals surface area contributed by atoms with E-state index < -0.39 is 109 Å². The third-order valence-electron chi connectivity index (χ3n) is 11.9. The summed E-state index contributed by atoms with van der Waals surface area (Å²) in [5, 5.41) is 18.5. The van der Waals surface area contributed by atoms with Gasteiger partial charge in [0.1, 0.15) is 32.6 Å². The normalized spacial score (nSPS) is 13.9. The predicted octanol–water partition coefficient (Wildman–Crippen LogP) is 3.39. The van der Waals surface area contributed by atoms with Crippen molar-refractivity contribution >= 4 is 82.4 Å². The third-order valence-corrected chi connectivity index (χ3v) is 11.9. The number of aromatic nitrogens is 2. The number of benzene rings is 2. The van der Waals surface area contributed by atoms with Gasteiger partial charge < -0.3 is 29.8 Å². The van der Waals surface area contributed by atoms with E-state index in [1.807, 2.05) is 27.7 Å². The van der Waals surface area contributed by atoms with Gasteiger partial charge in [-0.1, -0.05) is 39.8 Å². The molecule has 3 N–H and O–H groups in total. The maximum absolute atomic E-state index is 13.2. The number of azo groups is 1. The molecule has 27 nitrogen and oxygen atoms in total. The molecule has 3 aliphatic heterocycles. The van der Waals surface area contributed by atoms with Gasteiger partial charge in [0, 0.05) is 17.8 Å². The van der Waals surface area contributed by atoms with E-state index >= 15 is 0 Å². The molecule has 1 saturated heterocycles. The zero-order valence-corrected chi connectivity index (χ0v) is 43.9. The van der Waals surface area contributed by atoms with Crippen LogP contribution in [0.4, 0.5) is 21.9 Å². The Morgan fingerprint density at radius 3 is 1.38 bits per heavy atom. The minimum absolute atomic E-state index is 0.0107. The molecule has 1 fully saturated rings. The van der Waals surface area contributed by atoms with Crippen molar-refractivity contribution in [3.05, 3.63) is 79.5 Å². The molecule has 3 aromatic rings. The Morgan fingerprint density at radius 2 is 0.948 bits per heavy atom. The highest BCUT2D eigenvalue weighted by atomic mass is 16.5. The molecule has 0 aliphatic carbocycles. The van der Waals surface area contributed by atoms with Crippen LogP contribution in [0.3, 0.4) is 0 Å². The number of fused-ring (bicyclic) bond motifs is 2. The number of esters is 4. The fraction of sp³-hybridized carbons (Fsp3) is 0.460. The van der Waals surface area contributed by atoms with E-state index in [2.05, 4.69) is 19.7 Å². The van der Waals surface area contributed by atoms with Crippen molar-refractivity contribution < 1.29 is 76.8 Å². The second kappa shape index (κ2) is 27.6. The van der Waals surface area contributed by atoms with Gasteiger partial charge in [-0.2, -0.15) is 0 Å². The molecule has 8 amide bonds. The van der Waals surface area contributed by atoms with Crippen molar-refractivity contribution in [1.29, 1.82) is 0 Å². The number of hydrogen-bond donors (Lipinski definition) is 2. The highest BCUT2D eigenvalue weighted by molar-refractivity contribution is 6.24. The lowest BCUT2D eigenvalue weighted by molar-refractivity contribution is -0.154. The maximum atomic E-state index is 13.2. The van der Waals surface area contributed by atoms with Crippen molar-refractivity contribution in [2.45, 2.75) is 113 Å². The Kier molecular flexibility index (Phi) is 21.7. The van der Waals surface area contributed by atoms with Crippen molar-refractivity contribution in [3.63, 3.8) is 0 Å². The summed E-state index contributed by atoms with van der Waals surface area (Å²) in [5.41, 5.74) is 3.83. The topological polar surface area (TPSA) is 353 Å². The number of barbiturate groups is 1. The first-order valence-corrected chi connectivity index (χ1v) is 24.6. The van der Waals surface area contributed by atoms with Crippen LogP contribution in [-0.4, -0.2) is 151 Å². The molecule has 0 radical (unpaired) electrons. The second-order valence-corrected chi connectivity index (χ2v) is 16.6. The van der Waals surface area contributed by atoms with Crippen LogP contribution in [0, 0.1) is 0 Å². The van der Waals surface area contributed by atoms with Crippen LogP contribution in [0.15, 0.2) is 56.2 Å². The van der Waals surface area contributed by atoms with Gasteiger partial charge in [-0.05, 0) is 77.6 Å². The molecular formula is C50H61N9O18. The predicted molar refractivity (Wildman–Crippen MR) is 268 cm³/mol. The summed E-state index contributed by atoms with van der Waals surface area (Å²) in [6.45, 7) is 11.2. The van der Waals surface area contributed by atoms with Gasteiger partial charge in [-0.15, -0.1) is 10.2 Å². The summed E-state index contributed by atoms with van der Waals surface area (Å²) in [6.07, 6.45) is 2.04. The van der Waals surface area contributed by atoms with E-state index in [9.17, 15) is 67.4 Å². The molecule has 3 aliphatic rings. The van der Waals surface area contributed by atoms with Gasteiger partial charge in [0.15, 0.2) is 0 Å². The number of anilines is 1. The summed E-state index contributed by atoms with van der Waals surface area (Å²) in [7, 11) is 0. The number of nitrogens with zero attached hydrogens (tertiary/aromatic N) is 8. The highest BCUT2D eigenvalue weighted by Crippen LogP contribution is 2.35. The molecule has 414 valence electrons. The molecule has 0 unspecified atom stereocenters. The second-order valence-electron chi connectivity index (χ2n) is 16.6. The van der Waals surface area contributed by atoms with Crippen molar-refractivity contribution in [1.82, 2.24) is 28.7 Å². The number of urea groups is 1. The minimum atomic E-state index is -1.19. The standard InChI is InChI=1S/C25H29N5O9.C13H16N2O2.C12H16N2O7/c1-5-14(6-2)30-21(33)15-10-9-11-16(19(15)22(30)34)26-27-20-23(35)28(12-17(31)38-7-3)25(37)29(24(20)36)13-18(32)39-8-4;1-3-8(4-2)15-12(16)9-6-5-7-10(14)11(9)13(15)17;1-3-20-10(17)6-13-8(15)5-9(16)14(12(13)19)7-11(18)21-4-2/h9-11,14,35H,5-8,12-13H2,1-4H3;5-8H,3-4,14H2,1-2H3;3-7H2,1-2H3. The smallest absolute Gasteiger partial charge is 0.335 e. The number of nitrogen functional groups attached to an aromatic ring is 1. The van der Waals surface area contributed by atoms with Gasteiger partial charge in [-0.25, -0.2) is 14.2 Å². The summed E-state index contributed by atoms with van der Waals surface area (Å²) in [6, 6.07) is 7.97. The van der Waals surface area contributed by atoms with Gasteiger partial charge in [0.05, 0.1) is 54.4 Å². The first kappa shape index (κ1) is 60.6. The number of aromatic hydroxyl groups is 1. The quantitative estimate of drug-likeness (QED) is 0.0409. The largest absolute Gasteiger partial charge is 0.493 e. The number of amides is 8. The van der Waals surface area contributed by atoms with Gasteiger partial charge in [-0.3, -0.25) is 76.9 Å². The number of nitrogens with two attached hydrogens (primary N) is 1. The average Bonchev–Trinajstić information content (AvgIpc) is 3.81. The minimum Gasteiger partial charge on any atom is -0.493 e. The van der Waals surface area contributed by atoms with Crippen molar-refractivity contribution in [2.75, 3.05) is 45.3 Å². The Balaban J connectivity index is 0.000000281. The first-order valence-electron chi connectivity index (χ1n) is 24.6. The summed E-state index contributed by atoms with van der Waals surface area (Å²) < 4.78 is 19.8. The lowest BCUT2D eigenvalue weighted by atomic mass is 10.1. The van der Waals surface area contributed by atoms with Crippen LogP contribution >= 0.6 is 0 Å². The van der Waals surface area contributed by atoms with E-state index in [1.165, 1.54) is 36.9 Å². The van der Waals surface area contributed by atoms with Gasteiger partial charge >= 0.3 is 35.6 Å². The zero-order chi connectivity index (χ0) is 57.4. The van der Waals surface area contributed by atoms with Crippen LogP contribution in [0.1, 0.15) is 129 Å². The average molecular weight is 1080 g/mol. The van der Waals surface area contributed by atoms with Crippen LogP contribution in [0.2, 0.25) is 0 Å². The highest BCUT2D eigenvalue weighted by Gasteiger charge is 2.43. The van der Waals surface area contributed by atoms with Crippen molar-refractivity contribution in [3.8, 4) is 5.88 Å². The molecule has 0 bridgehead atoms. The zero-order valence-electron chi connectivity index (χ0n) is 43.9. The van der Waals surface area contributed by atoms with E-state index in [0.717, 1.165) is 17.7 Å². The molecule has 0 spiro atoms. The maximum Gasteiger partial charge on any atom is 0.335 e. The fourth-order valence-electron chi connectivity index (χ4n) is 8.15. The molecular weight excluding hydrogens is 1010 g/mol. The van der Waals surface area contributed by atoms with Crippen LogP contribution < -0.4 is 17.0 Å². The molecule has 27 heteroatoms. The van der Waals surface area contributed by atoms with E-state index in [4.69, 9.17) is 15.2 Å². The molecule has 2 aromatic carbocycles. The molecule has 77 heavy (non-hydrogen) atoms. The van der Waals surface area contributed by atoms with Crippen LogP contribution in [0.5, 0.6) is 5.88 Å². The molecule has 0 saturated carbocycles. The lowest BCUT2D eigenvalue weighted by Gasteiger charge is -2.31. The van der Waals surface area contributed by atoms with Crippen LogP contribution in [0.25, 0.3) is 0 Å². The summed E-state index contributed by atoms with van der Waals surface area (Å²) >= 11 is 0. The van der Waals surface area contributed by atoms with Gasteiger partial charge in [0.2, 0.25) is 23.4 Å². The number of ether oxygens (including phenoxy) is 4. The Bertz CT molecular complexity index is 2930. The SMILES string of the molecule is CCC(CC)N1C(=O)c2cccc(N)c2C1=O.CCOC(=O)CN1C(=O)CC(=O)N(CC(=O)OCC)C1=O.CCOC(=O)Cn1c(O)c(N=Nc2cccc3c2C(=O)N(C(CC)CC)C3=O)c(=O)n(CC(=O)OCC)c1=O. The number of rotatable bonds is 20. The molecule has 6 rings (SSSR count). The van der Waals surface area contributed by atoms with Gasteiger partial charge in [0.25, 0.3) is 29.2 Å². The number of hydrogen-bond acceptors (Lipinski definition) is 21. The number of carbonyl (C=O) groups is 11. The Morgan fingerprint density at radius 1 is 0.545 bits per heavy atom. The number of imide groups is 4. The lowest BCUT2D eigenvalue weighted by Crippen LogP contribution is -2.57. The Hall–Kier alpha value is -8.91. The van der Waals surface area contributed by atoms with E-state index in [1.54, 1.807) is 32.0 Å². The fourth-order valence-corrected chi connectivity index (χ4v) is 8.15. The monoisotopic (exact) mass is 1080 g/mol. The molecule has 0 atom stereocenters. The van der Waals surface area contributed by atoms with E-state index in [0.29, 0.717) is 48.6 Å². The molecule has 4 heterocycles. The van der Waals surface area contributed by atoms with E-state index in [-0.39, 0.29) is 67.1 Å². The summed E-state index contributed by atoms with van der Waals surface area (Å²) in [4.78, 5) is 162. The first-order chi connectivity index (χ1) is 36.6. The Labute approximate surface area is 440 Å². The molecule has 1 aromatic heterocycles. The third kappa shape index (κ3) is 13.7. The van der Waals surface area contributed by atoms with Crippen LogP contribution in [-0.2, 0) is 60.8 Å². The number of carbonyl (C=O) groups excluding carboxylic acids is 11.